The molecule has 0 bridgehead atoms. The molecule has 160 valence electrons. The maximum absolute atomic E-state index is 12.5. The number of fused-ring (bicyclic) bond motifs is 2. The summed E-state index contributed by atoms with van der Waals surface area (Å²) >= 11 is 0. The average Bonchev–Trinajstić information content (AvgIpc) is 3.15. The minimum absolute atomic E-state index is 0.0201. The molecule has 0 saturated carbocycles. The summed E-state index contributed by atoms with van der Waals surface area (Å²) in [6, 6.07) is 13.5. The highest BCUT2D eigenvalue weighted by Crippen LogP contribution is 2.24. The molecule has 1 unspecified atom stereocenters. The lowest BCUT2D eigenvalue weighted by Crippen LogP contribution is -2.34. The van der Waals surface area contributed by atoms with Gasteiger partial charge in [0.2, 0.25) is 5.91 Å². The van der Waals surface area contributed by atoms with E-state index < -0.39 is 5.63 Å². The highest BCUT2D eigenvalue weighted by molar-refractivity contribution is 5.84. The lowest BCUT2D eigenvalue weighted by Gasteiger charge is -2.14. The Hall–Kier alpha value is -3.54. The van der Waals surface area contributed by atoms with Crippen molar-refractivity contribution in [3.63, 3.8) is 0 Å². The second kappa shape index (κ2) is 8.68. The number of hydrogen-bond donors (Lipinski definition) is 2. The molecular formula is C25H26N2O4. The summed E-state index contributed by atoms with van der Waals surface area (Å²) in [6.45, 7) is 3.88. The number of nitrogens with one attached hydrogen (secondary N) is 2. The van der Waals surface area contributed by atoms with Crippen molar-refractivity contribution in [2.24, 2.45) is 0 Å². The Morgan fingerprint density at radius 3 is 2.81 bits per heavy atom. The van der Waals surface area contributed by atoms with E-state index in [1.807, 2.05) is 50.4 Å². The van der Waals surface area contributed by atoms with Crippen molar-refractivity contribution >= 4 is 27.8 Å². The van der Waals surface area contributed by atoms with Gasteiger partial charge in [0.05, 0.1) is 7.11 Å². The zero-order valence-electron chi connectivity index (χ0n) is 18.0. The Morgan fingerprint density at radius 2 is 2.00 bits per heavy atom. The number of carbonyl (C=O) groups excluding carboxylic acids is 1. The normalized spacial score (nSPS) is 12.2. The quantitative estimate of drug-likeness (QED) is 0.439. The number of aromatic amines is 1. The molecule has 4 rings (SSSR count). The van der Waals surface area contributed by atoms with Crippen LogP contribution in [0.2, 0.25) is 0 Å². The van der Waals surface area contributed by atoms with E-state index in [2.05, 4.69) is 16.4 Å². The van der Waals surface area contributed by atoms with Crippen molar-refractivity contribution in [2.75, 3.05) is 7.11 Å². The third-order valence-electron chi connectivity index (χ3n) is 5.70. The van der Waals surface area contributed by atoms with Crippen molar-refractivity contribution < 1.29 is 13.9 Å². The van der Waals surface area contributed by atoms with Gasteiger partial charge in [-0.05, 0) is 56.0 Å². The van der Waals surface area contributed by atoms with Crippen LogP contribution in [-0.4, -0.2) is 24.0 Å². The van der Waals surface area contributed by atoms with Crippen molar-refractivity contribution in [1.29, 1.82) is 0 Å². The minimum Gasteiger partial charge on any atom is -0.497 e. The van der Waals surface area contributed by atoms with E-state index in [1.165, 1.54) is 10.9 Å². The van der Waals surface area contributed by atoms with Gasteiger partial charge in [-0.2, -0.15) is 0 Å². The third kappa shape index (κ3) is 4.33. The van der Waals surface area contributed by atoms with E-state index in [9.17, 15) is 9.59 Å². The monoisotopic (exact) mass is 418 g/mol. The van der Waals surface area contributed by atoms with Gasteiger partial charge in [0.25, 0.3) is 0 Å². The average molecular weight is 418 g/mol. The van der Waals surface area contributed by atoms with Crippen LogP contribution in [0.25, 0.3) is 21.9 Å². The van der Waals surface area contributed by atoms with Crippen LogP contribution < -0.4 is 15.7 Å². The van der Waals surface area contributed by atoms with Crippen LogP contribution in [-0.2, 0) is 17.6 Å². The summed E-state index contributed by atoms with van der Waals surface area (Å²) in [4.78, 5) is 28.3. The van der Waals surface area contributed by atoms with Gasteiger partial charge in [0, 0.05) is 46.6 Å². The van der Waals surface area contributed by atoms with Crippen molar-refractivity contribution in [1.82, 2.24) is 10.3 Å². The van der Waals surface area contributed by atoms with Gasteiger partial charge in [0.15, 0.2) is 0 Å². The summed E-state index contributed by atoms with van der Waals surface area (Å²) < 4.78 is 10.7. The van der Waals surface area contributed by atoms with Gasteiger partial charge in [-0.3, -0.25) is 4.79 Å². The summed E-state index contributed by atoms with van der Waals surface area (Å²) in [6.07, 6.45) is 3.29. The summed E-state index contributed by atoms with van der Waals surface area (Å²) in [7, 11) is 1.57. The van der Waals surface area contributed by atoms with Gasteiger partial charge >= 0.3 is 5.63 Å². The number of benzene rings is 2. The van der Waals surface area contributed by atoms with Crippen molar-refractivity contribution in [3.05, 3.63) is 75.8 Å². The summed E-state index contributed by atoms with van der Waals surface area (Å²) in [5, 5.41) is 5.06. The molecule has 6 heteroatoms. The Balaban J connectivity index is 1.41. The van der Waals surface area contributed by atoms with E-state index in [4.69, 9.17) is 9.15 Å². The summed E-state index contributed by atoms with van der Waals surface area (Å²) in [5.74, 6) is 0.548. The number of methoxy groups -OCH3 is 1. The Labute approximate surface area is 180 Å². The molecule has 0 spiro atoms. The number of aryl methyl sites for hydroxylation is 1. The molecule has 4 aromatic rings. The Kier molecular flexibility index (Phi) is 5.80. The highest BCUT2D eigenvalue weighted by atomic mass is 16.5. The van der Waals surface area contributed by atoms with Crippen molar-refractivity contribution in [3.8, 4) is 5.75 Å². The number of ether oxygens (including phenoxy) is 1. The molecular weight excluding hydrogens is 392 g/mol. The minimum atomic E-state index is -0.405. The van der Waals surface area contributed by atoms with Crippen LogP contribution in [0.3, 0.4) is 0 Å². The molecule has 2 heterocycles. The molecule has 0 aliphatic heterocycles. The molecule has 2 N–H and O–H groups in total. The fourth-order valence-electron chi connectivity index (χ4n) is 4.06. The molecule has 1 amide bonds. The highest BCUT2D eigenvalue weighted by Gasteiger charge is 2.15. The number of hydrogen-bond acceptors (Lipinski definition) is 4. The first kappa shape index (κ1) is 20.7. The van der Waals surface area contributed by atoms with Crippen LogP contribution in [0.5, 0.6) is 5.75 Å². The lowest BCUT2D eigenvalue weighted by molar-refractivity contribution is -0.121. The SMILES string of the molecule is COc1ccc2c(C)c(CCC(=O)NC(C)Cc3c[nH]c4ccccc34)c(=O)oc2c1. The van der Waals surface area contributed by atoms with Gasteiger partial charge in [0.1, 0.15) is 11.3 Å². The maximum Gasteiger partial charge on any atom is 0.339 e. The first-order valence-corrected chi connectivity index (χ1v) is 10.4. The molecule has 1 atom stereocenters. The standard InChI is InChI=1S/C25H26N2O4/c1-15(12-17-14-26-22-7-5-4-6-21(17)22)27-24(28)11-10-20-16(2)19-9-8-18(30-3)13-23(19)31-25(20)29/h4-9,13-15,26H,10-12H2,1-3H3,(H,27,28). The summed E-state index contributed by atoms with van der Waals surface area (Å²) in [5.41, 5.74) is 3.72. The molecule has 6 nitrogen and oxygen atoms in total. The maximum atomic E-state index is 12.5. The second-order valence-electron chi connectivity index (χ2n) is 7.89. The first-order chi connectivity index (χ1) is 15.0. The second-order valence-corrected chi connectivity index (χ2v) is 7.89. The molecule has 2 aromatic carbocycles. The number of amides is 1. The number of carbonyl (C=O) groups is 1. The topological polar surface area (TPSA) is 84.3 Å². The number of aromatic nitrogens is 1. The largest absolute Gasteiger partial charge is 0.497 e. The predicted octanol–water partition coefficient (Wildman–Crippen LogP) is 4.27. The van der Waals surface area contributed by atoms with Crippen molar-refractivity contribution in [2.45, 2.75) is 39.2 Å². The first-order valence-electron chi connectivity index (χ1n) is 10.4. The van der Waals surface area contributed by atoms with E-state index in [1.54, 1.807) is 13.2 Å². The predicted molar refractivity (Wildman–Crippen MR) is 122 cm³/mol. The molecule has 0 fully saturated rings. The van der Waals surface area contributed by atoms with E-state index in [0.717, 1.165) is 22.9 Å². The van der Waals surface area contributed by atoms with Crippen LogP contribution >= 0.6 is 0 Å². The molecule has 0 saturated heterocycles. The Morgan fingerprint density at radius 1 is 1.19 bits per heavy atom. The van der Waals surface area contributed by atoms with E-state index in [0.29, 0.717) is 23.3 Å². The molecule has 0 radical (unpaired) electrons. The fourth-order valence-corrected chi connectivity index (χ4v) is 4.06. The number of para-hydroxylation sites is 1. The smallest absolute Gasteiger partial charge is 0.339 e. The lowest BCUT2D eigenvalue weighted by atomic mass is 10.0. The molecule has 0 aliphatic rings. The zero-order valence-corrected chi connectivity index (χ0v) is 18.0. The molecule has 2 aromatic heterocycles. The number of H-pyrrole nitrogens is 1. The Bertz CT molecular complexity index is 1300. The fraction of sp³-hybridized carbons (Fsp3) is 0.280. The molecule has 31 heavy (non-hydrogen) atoms. The third-order valence-corrected chi connectivity index (χ3v) is 5.70. The van der Waals surface area contributed by atoms with Crippen LogP contribution in [0.15, 0.2) is 57.9 Å². The van der Waals surface area contributed by atoms with Gasteiger partial charge in [-0.25, -0.2) is 4.79 Å². The molecule has 0 aliphatic carbocycles. The van der Waals surface area contributed by atoms with Crippen LogP contribution in [0, 0.1) is 6.92 Å². The van der Waals surface area contributed by atoms with E-state index >= 15 is 0 Å². The van der Waals surface area contributed by atoms with Crippen LogP contribution in [0.1, 0.15) is 30.0 Å². The zero-order chi connectivity index (χ0) is 22.0. The van der Waals surface area contributed by atoms with Gasteiger partial charge < -0.3 is 19.5 Å². The van der Waals surface area contributed by atoms with E-state index in [-0.39, 0.29) is 18.4 Å². The number of rotatable bonds is 7. The van der Waals surface area contributed by atoms with Gasteiger partial charge in [-0.1, -0.05) is 18.2 Å². The van der Waals surface area contributed by atoms with Crippen LogP contribution in [0.4, 0.5) is 0 Å². The van der Waals surface area contributed by atoms with Gasteiger partial charge in [-0.15, -0.1) is 0 Å².